The highest BCUT2D eigenvalue weighted by Gasteiger charge is 2.57. The first kappa shape index (κ1) is 68.2. The predicted molar refractivity (Wildman–Crippen MR) is 426 cm³/mol. The third-order valence-corrected chi connectivity index (χ3v) is 23.2. The van der Waals surface area contributed by atoms with E-state index >= 15 is 26.3 Å². The summed E-state index contributed by atoms with van der Waals surface area (Å²) >= 11 is 0. The van der Waals surface area contributed by atoms with Crippen molar-refractivity contribution in [2.45, 2.75) is 67.6 Å². The minimum atomic E-state index is -1.55. The van der Waals surface area contributed by atoms with E-state index in [1.54, 1.807) is 36.4 Å². The number of ether oxygens (including phenoxy) is 2. The van der Waals surface area contributed by atoms with Gasteiger partial charge in [0.2, 0.25) is 0 Å². The van der Waals surface area contributed by atoms with Crippen LogP contribution in [0.3, 0.4) is 0 Å². The zero-order valence-corrected chi connectivity index (χ0v) is 60.3. The summed E-state index contributed by atoms with van der Waals surface area (Å²) in [6.07, 6.45) is 4.98. The topological polar surface area (TPSA) is 24.9 Å². The van der Waals surface area contributed by atoms with Crippen molar-refractivity contribution < 1.29 is 35.8 Å². The number of fused-ring (bicyclic) bond motifs is 10. The molecule has 2 unspecified atom stereocenters. The Morgan fingerprint density at radius 2 is 0.596 bits per heavy atom. The third kappa shape index (κ3) is 10.8. The first-order valence-electron chi connectivity index (χ1n) is 36.6. The quantitative estimate of drug-likeness (QED) is 0.0900. The van der Waals surface area contributed by atoms with Gasteiger partial charge in [-0.05, 0) is 283 Å². The van der Waals surface area contributed by atoms with E-state index in [1.165, 1.54) is 60.7 Å². The molecule has 532 valence electrons. The van der Waals surface area contributed by atoms with Gasteiger partial charge in [0, 0.05) is 50.7 Å². The minimum Gasteiger partial charge on any atom is -0.457 e. The molecule has 0 heterocycles. The number of hydrogen-bond acceptors (Lipinski definition) is 4. The van der Waals surface area contributed by atoms with Gasteiger partial charge in [-0.15, -0.1) is 0 Å². The lowest BCUT2D eigenvalue weighted by molar-refractivity contribution is 0.349. The largest absolute Gasteiger partial charge is 0.457 e. The molecule has 0 N–H and O–H groups in total. The molecule has 4 aliphatic rings. The van der Waals surface area contributed by atoms with Gasteiger partial charge >= 0.3 is 0 Å². The molecule has 0 saturated carbocycles. The van der Waals surface area contributed by atoms with E-state index in [0.29, 0.717) is 79.1 Å². The second kappa shape index (κ2) is 25.8. The van der Waals surface area contributed by atoms with E-state index < -0.39 is 51.1 Å². The summed E-state index contributed by atoms with van der Waals surface area (Å²) < 4.78 is 113. The van der Waals surface area contributed by atoms with Gasteiger partial charge in [0.15, 0.2) is 0 Å². The maximum atomic E-state index is 17.4. The number of hydrogen-bond donors (Lipinski definition) is 0. The Morgan fingerprint density at radius 3 is 0.945 bits per heavy atom. The van der Waals surface area contributed by atoms with E-state index in [4.69, 9.17) is 9.47 Å². The van der Waals surface area contributed by atoms with Crippen LogP contribution in [0.1, 0.15) is 118 Å². The number of rotatable bonds is 16. The van der Waals surface area contributed by atoms with Gasteiger partial charge in [-0.1, -0.05) is 186 Å². The Bertz CT molecular complexity index is 5580. The second-order valence-electron chi connectivity index (χ2n) is 30.3. The Morgan fingerprint density at radius 1 is 0.294 bits per heavy atom. The summed E-state index contributed by atoms with van der Waals surface area (Å²) in [7, 11) is 0. The predicted octanol–water partition coefficient (Wildman–Crippen LogP) is 26.7. The lowest BCUT2D eigenvalue weighted by atomic mass is 9.67. The zero-order chi connectivity index (χ0) is 74.9. The molecule has 109 heavy (non-hydrogen) atoms. The normalized spacial score (nSPS) is 17.7. The van der Waals surface area contributed by atoms with Crippen LogP contribution in [0.2, 0.25) is 0 Å². The molecule has 0 saturated heterocycles. The number of anilines is 6. The highest BCUT2D eigenvalue weighted by Crippen LogP contribution is 2.66. The van der Waals surface area contributed by atoms with Crippen molar-refractivity contribution in [3.63, 3.8) is 0 Å². The molecule has 0 amide bonds. The molecule has 14 aromatic rings. The molecule has 0 bridgehead atoms. The molecule has 18 rings (SSSR count). The molecule has 0 aromatic heterocycles. The van der Waals surface area contributed by atoms with Gasteiger partial charge in [-0.2, -0.15) is 0 Å². The Balaban J connectivity index is 0.796. The van der Waals surface area contributed by atoms with E-state index in [0.717, 1.165) is 79.9 Å². The molecule has 0 fully saturated rings. The van der Waals surface area contributed by atoms with Crippen molar-refractivity contribution in [3.8, 4) is 45.3 Å². The van der Waals surface area contributed by atoms with Crippen molar-refractivity contribution in [2.75, 3.05) is 9.80 Å². The average molecular weight is 1440 g/mol. The van der Waals surface area contributed by atoms with Crippen LogP contribution in [0.4, 0.5) is 60.5 Å². The molecule has 14 aromatic carbocycles. The minimum absolute atomic E-state index is 0.130. The highest BCUT2D eigenvalue weighted by molar-refractivity contribution is 5.92. The van der Waals surface area contributed by atoms with E-state index in [9.17, 15) is 0 Å². The molecule has 0 aliphatic heterocycles. The molecule has 10 heteroatoms. The summed E-state index contributed by atoms with van der Waals surface area (Å²) in [5.41, 5.74) is 13.0. The molecule has 4 nitrogen and oxygen atoms in total. The molecule has 4 aliphatic carbocycles. The van der Waals surface area contributed by atoms with Crippen molar-refractivity contribution in [3.05, 3.63) is 429 Å². The fourth-order valence-corrected chi connectivity index (χ4v) is 18.8. The number of halogens is 6. The monoisotopic (exact) mass is 1430 g/mol. The standard InChI is InChI=1S/C99H72F6N2O2/c1-7-61-23-43-73(44-24-61)108-75-47-27-63(28-48-75)98(93-89(102)19-13-20-90(93)103)81-17-11-9-15-77(81)79-51-39-69(55-85(79)98)106(67-35-31-65(100)32-36-67)71-41-53-83-87(57-71)97(59-95(83,3)4)60-96(5,6)84-54-42-72(58-88(84)97)107(68-37-33-66(101)34-38-68)70-40-52-80-78-16-10-12-18-82(78)99(86(80)56-70,94-91(104)21-14-22-92(94)105)64-29-49-76(50-30-64)109-74-45-25-62(8-2)26-46-74/h7-58H,1-2,59-60H2,3-6H3. The van der Waals surface area contributed by atoms with Crippen LogP contribution in [0.25, 0.3) is 34.4 Å². The SMILES string of the molecule is C=Cc1ccc(Oc2ccc(C3(c4c(F)cccc4F)c4ccccc4-c4ccc(N(c5ccc(F)cc5)c5ccc6c(c5)C5(CC6(C)C)CC(C)(C)c6ccc(N(c7ccc(F)cc7)c7ccc8c(c7)C(c7ccc(Oc9ccc(C=C)cc9)cc7)(c7c(F)cccc7F)c7ccccc7-8)cc65)cc43)cc2)cc1. The zero-order valence-electron chi connectivity index (χ0n) is 60.3. The van der Waals surface area contributed by atoms with Gasteiger partial charge in [-0.3, -0.25) is 0 Å². The van der Waals surface area contributed by atoms with Crippen LogP contribution < -0.4 is 19.3 Å². The molecular formula is C99H72F6N2O2. The Hall–Kier alpha value is -12.7. The summed E-state index contributed by atoms with van der Waals surface area (Å²) in [6, 6.07) is 91.9. The Labute approximate surface area is 630 Å². The van der Waals surface area contributed by atoms with Crippen LogP contribution in [-0.2, 0) is 27.1 Å². The van der Waals surface area contributed by atoms with Crippen LogP contribution in [-0.4, -0.2) is 0 Å². The van der Waals surface area contributed by atoms with Crippen LogP contribution in [0.15, 0.2) is 316 Å². The van der Waals surface area contributed by atoms with Crippen molar-refractivity contribution in [1.29, 1.82) is 0 Å². The summed E-state index contributed by atoms with van der Waals surface area (Å²) in [4.78, 5) is 4.22. The molecule has 0 radical (unpaired) electrons. The van der Waals surface area contributed by atoms with Crippen molar-refractivity contribution in [2.24, 2.45) is 0 Å². The lowest BCUT2D eigenvalue weighted by Gasteiger charge is -2.35. The van der Waals surface area contributed by atoms with E-state index in [1.807, 2.05) is 182 Å². The average Bonchev–Trinajstić information content (AvgIpc) is 1.55. The third-order valence-electron chi connectivity index (χ3n) is 23.2. The van der Waals surface area contributed by atoms with E-state index in [2.05, 4.69) is 87.1 Å². The van der Waals surface area contributed by atoms with Gasteiger partial charge in [0.05, 0.1) is 10.8 Å². The first-order valence-corrected chi connectivity index (χ1v) is 36.6. The second-order valence-corrected chi connectivity index (χ2v) is 30.3. The smallest absolute Gasteiger partial charge is 0.130 e. The lowest BCUT2D eigenvalue weighted by Crippen LogP contribution is -2.31. The van der Waals surface area contributed by atoms with Crippen LogP contribution in [0, 0.1) is 34.9 Å². The van der Waals surface area contributed by atoms with Gasteiger partial charge in [-0.25, -0.2) is 26.3 Å². The van der Waals surface area contributed by atoms with Gasteiger partial charge < -0.3 is 19.3 Å². The fourth-order valence-electron chi connectivity index (χ4n) is 18.8. The molecule has 2 atom stereocenters. The van der Waals surface area contributed by atoms with Crippen molar-refractivity contribution >= 4 is 46.3 Å². The number of nitrogens with zero attached hydrogens (tertiary/aromatic N) is 2. The summed E-state index contributed by atoms with van der Waals surface area (Å²) in [5.74, 6) is -1.41. The highest BCUT2D eigenvalue weighted by atomic mass is 19.2. The van der Waals surface area contributed by atoms with Gasteiger partial charge in [0.25, 0.3) is 0 Å². The van der Waals surface area contributed by atoms with Crippen LogP contribution in [0.5, 0.6) is 23.0 Å². The van der Waals surface area contributed by atoms with E-state index in [-0.39, 0.29) is 22.0 Å². The molecule has 1 spiro atoms. The van der Waals surface area contributed by atoms with Crippen LogP contribution >= 0.6 is 0 Å². The fraction of sp³-hybridized carbons (Fsp3) is 0.111. The maximum Gasteiger partial charge on any atom is 0.130 e. The first-order chi connectivity index (χ1) is 52.8. The number of benzene rings is 14. The maximum absolute atomic E-state index is 17.4. The Kier molecular flexibility index (Phi) is 16.1. The van der Waals surface area contributed by atoms with Gasteiger partial charge in [0.1, 0.15) is 57.9 Å². The van der Waals surface area contributed by atoms with Crippen molar-refractivity contribution in [1.82, 2.24) is 0 Å². The summed E-state index contributed by atoms with van der Waals surface area (Å²) in [5, 5.41) is 0. The molecular weight excluding hydrogens is 1360 g/mol. The summed E-state index contributed by atoms with van der Waals surface area (Å²) in [6.45, 7) is 17.0.